The number of hydrogen-bond donors (Lipinski definition) is 1. The normalized spacial score (nSPS) is 10.9. The predicted octanol–water partition coefficient (Wildman–Crippen LogP) is 4.24. The van der Waals surface area contributed by atoms with Crippen molar-refractivity contribution in [3.8, 4) is 17.2 Å². The van der Waals surface area contributed by atoms with Gasteiger partial charge in [-0.3, -0.25) is 9.10 Å². The molecule has 0 aliphatic heterocycles. The van der Waals surface area contributed by atoms with Crippen molar-refractivity contribution in [3.63, 3.8) is 0 Å². The number of methoxy groups -OCH3 is 2. The number of nitrogens with zero attached hydrogens (tertiary/aromatic N) is 1. The molecule has 0 fully saturated rings. The van der Waals surface area contributed by atoms with Crippen molar-refractivity contribution >= 4 is 27.3 Å². The van der Waals surface area contributed by atoms with Crippen LogP contribution in [0, 0.1) is 6.92 Å². The smallest absolute Gasteiger partial charge is 0.264 e. The number of benzene rings is 3. The lowest BCUT2D eigenvalue weighted by Gasteiger charge is -2.25. The molecule has 0 heterocycles. The Morgan fingerprint density at radius 3 is 2.26 bits per heavy atom. The van der Waals surface area contributed by atoms with Crippen LogP contribution in [0.3, 0.4) is 0 Å². The largest absolute Gasteiger partial charge is 0.494 e. The van der Waals surface area contributed by atoms with Crippen molar-refractivity contribution < 1.29 is 27.4 Å². The number of hydrogen-bond acceptors (Lipinski definition) is 6. The minimum atomic E-state index is -4.14. The van der Waals surface area contributed by atoms with E-state index in [9.17, 15) is 13.2 Å². The summed E-state index contributed by atoms with van der Waals surface area (Å²) in [6, 6.07) is 18.1. The van der Waals surface area contributed by atoms with Crippen LogP contribution < -0.4 is 23.8 Å². The van der Waals surface area contributed by atoms with Crippen molar-refractivity contribution in [2.24, 2.45) is 0 Å². The lowest BCUT2D eigenvalue weighted by Crippen LogP contribution is -2.38. The fourth-order valence-electron chi connectivity index (χ4n) is 3.35. The Morgan fingerprint density at radius 1 is 0.941 bits per heavy atom. The van der Waals surface area contributed by atoms with Gasteiger partial charge in [-0.25, -0.2) is 8.42 Å². The molecule has 1 N–H and O–H groups in total. The Balaban J connectivity index is 1.99. The first-order valence-corrected chi connectivity index (χ1v) is 12.1. The molecule has 180 valence electrons. The Hall–Kier alpha value is -3.72. The first-order chi connectivity index (χ1) is 16.3. The van der Waals surface area contributed by atoms with Crippen molar-refractivity contribution in [2.75, 3.05) is 37.0 Å². The average Bonchev–Trinajstić information content (AvgIpc) is 2.82. The number of anilines is 2. The van der Waals surface area contributed by atoms with Gasteiger partial charge in [0.25, 0.3) is 10.0 Å². The number of nitrogens with one attached hydrogen (secondary N) is 1. The van der Waals surface area contributed by atoms with Crippen LogP contribution in [-0.4, -0.2) is 41.7 Å². The van der Waals surface area contributed by atoms with E-state index < -0.39 is 22.5 Å². The average molecular weight is 485 g/mol. The van der Waals surface area contributed by atoms with Gasteiger partial charge in [-0.2, -0.15) is 0 Å². The second-order valence-corrected chi connectivity index (χ2v) is 9.24. The van der Waals surface area contributed by atoms with Crippen LogP contribution in [0.5, 0.6) is 17.2 Å². The molecule has 0 bridgehead atoms. The highest BCUT2D eigenvalue weighted by molar-refractivity contribution is 7.92. The van der Waals surface area contributed by atoms with Gasteiger partial charge in [0.05, 0.1) is 31.4 Å². The van der Waals surface area contributed by atoms with Gasteiger partial charge in [-0.1, -0.05) is 12.1 Å². The molecule has 0 aromatic heterocycles. The van der Waals surface area contributed by atoms with E-state index in [4.69, 9.17) is 14.2 Å². The van der Waals surface area contributed by atoms with E-state index in [0.717, 1.165) is 9.87 Å². The summed E-state index contributed by atoms with van der Waals surface area (Å²) in [5.74, 6) is 0.771. The zero-order valence-electron chi connectivity index (χ0n) is 19.6. The summed E-state index contributed by atoms with van der Waals surface area (Å²) in [6.45, 7) is 3.81. The molecule has 0 spiro atoms. The standard InChI is InChI=1S/C25H28N2O6S/c1-5-33-21-11-9-20(10-12-21)27(17-25(28)26-19-8-6-7-18(2)15-19)34(29,30)22-13-14-23(31-3)24(16-22)32-4/h6-16H,5,17H2,1-4H3,(H,26,28). The second-order valence-electron chi connectivity index (χ2n) is 7.37. The zero-order chi connectivity index (χ0) is 24.7. The van der Waals surface area contributed by atoms with Gasteiger partial charge in [0.2, 0.25) is 5.91 Å². The molecule has 9 heteroatoms. The fourth-order valence-corrected chi connectivity index (χ4v) is 4.79. The third-order valence-electron chi connectivity index (χ3n) is 4.97. The number of sulfonamides is 1. The topological polar surface area (TPSA) is 94.2 Å². The lowest BCUT2D eigenvalue weighted by molar-refractivity contribution is -0.114. The number of amides is 1. The molecule has 0 atom stereocenters. The third kappa shape index (κ3) is 5.79. The highest BCUT2D eigenvalue weighted by Crippen LogP contribution is 2.32. The quantitative estimate of drug-likeness (QED) is 0.463. The highest BCUT2D eigenvalue weighted by Gasteiger charge is 2.28. The molecule has 0 saturated heterocycles. The van der Waals surface area contributed by atoms with Gasteiger partial charge in [0, 0.05) is 11.8 Å². The molecular formula is C25H28N2O6S. The molecule has 3 aromatic carbocycles. The van der Waals surface area contributed by atoms with Crippen LogP contribution in [-0.2, 0) is 14.8 Å². The summed E-state index contributed by atoms with van der Waals surface area (Å²) in [4.78, 5) is 12.9. The molecule has 34 heavy (non-hydrogen) atoms. The number of aryl methyl sites for hydroxylation is 1. The van der Waals surface area contributed by atoms with E-state index in [1.54, 1.807) is 30.3 Å². The van der Waals surface area contributed by atoms with E-state index in [1.807, 2.05) is 32.0 Å². The fraction of sp³-hybridized carbons (Fsp3) is 0.240. The highest BCUT2D eigenvalue weighted by atomic mass is 32.2. The minimum Gasteiger partial charge on any atom is -0.494 e. The lowest BCUT2D eigenvalue weighted by atomic mass is 10.2. The maximum absolute atomic E-state index is 13.7. The molecule has 0 aliphatic rings. The first-order valence-electron chi connectivity index (χ1n) is 10.6. The zero-order valence-corrected chi connectivity index (χ0v) is 20.4. The number of rotatable bonds is 10. The number of ether oxygens (including phenoxy) is 3. The van der Waals surface area contributed by atoms with Gasteiger partial charge in [0.1, 0.15) is 12.3 Å². The summed E-state index contributed by atoms with van der Waals surface area (Å²) < 4.78 is 44.3. The van der Waals surface area contributed by atoms with Crippen LogP contribution in [0.1, 0.15) is 12.5 Å². The van der Waals surface area contributed by atoms with E-state index in [0.29, 0.717) is 29.5 Å². The summed E-state index contributed by atoms with van der Waals surface area (Å²) >= 11 is 0. The van der Waals surface area contributed by atoms with Crippen molar-refractivity contribution in [2.45, 2.75) is 18.7 Å². The maximum atomic E-state index is 13.7. The third-order valence-corrected chi connectivity index (χ3v) is 6.74. The summed E-state index contributed by atoms with van der Waals surface area (Å²) in [6.07, 6.45) is 0. The van der Waals surface area contributed by atoms with Gasteiger partial charge >= 0.3 is 0 Å². The number of carbonyl (C=O) groups excluding carboxylic acids is 1. The second kappa shape index (κ2) is 10.9. The van der Waals surface area contributed by atoms with Crippen molar-refractivity contribution in [1.82, 2.24) is 0 Å². The van der Waals surface area contributed by atoms with Crippen molar-refractivity contribution in [1.29, 1.82) is 0 Å². The summed E-state index contributed by atoms with van der Waals surface area (Å²) in [5, 5.41) is 2.76. The SMILES string of the molecule is CCOc1ccc(N(CC(=O)Nc2cccc(C)c2)S(=O)(=O)c2ccc(OC)c(OC)c2)cc1. The molecule has 8 nitrogen and oxygen atoms in total. The molecule has 0 saturated carbocycles. The Morgan fingerprint density at radius 2 is 1.65 bits per heavy atom. The van der Waals surface area contributed by atoms with E-state index in [1.165, 1.54) is 32.4 Å². The van der Waals surface area contributed by atoms with Gasteiger partial charge in [0.15, 0.2) is 11.5 Å². The van der Waals surface area contributed by atoms with Crippen LogP contribution in [0.25, 0.3) is 0 Å². The van der Waals surface area contributed by atoms with Crippen LogP contribution in [0.15, 0.2) is 71.6 Å². The monoisotopic (exact) mass is 484 g/mol. The molecule has 0 radical (unpaired) electrons. The van der Waals surface area contributed by atoms with Gasteiger partial charge in [-0.15, -0.1) is 0 Å². The Bertz CT molecular complexity index is 1240. The van der Waals surface area contributed by atoms with Gasteiger partial charge < -0.3 is 19.5 Å². The summed E-state index contributed by atoms with van der Waals surface area (Å²) in [7, 11) is -1.25. The van der Waals surface area contributed by atoms with E-state index in [-0.39, 0.29) is 10.6 Å². The molecular weight excluding hydrogens is 456 g/mol. The molecule has 0 unspecified atom stereocenters. The Kier molecular flexibility index (Phi) is 8.01. The first kappa shape index (κ1) is 24.9. The van der Waals surface area contributed by atoms with E-state index >= 15 is 0 Å². The Labute approximate surface area is 200 Å². The molecule has 0 aliphatic carbocycles. The van der Waals surface area contributed by atoms with E-state index in [2.05, 4.69) is 5.32 Å². The van der Waals surface area contributed by atoms with Gasteiger partial charge in [-0.05, 0) is 67.9 Å². The van der Waals surface area contributed by atoms with Crippen LogP contribution in [0.4, 0.5) is 11.4 Å². The van der Waals surface area contributed by atoms with Crippen LogP contribution >= 0.6 is 0 Å². The maximum Gasteiger partial charge on any atom is 0.264 e. The number of carbonyl (C=O) groups is 1. The minimum absolute atomic E-state index is 0.0395. The van der Waals surface area contributed by atoms with Crippen LogP contribution in [0.2, 0.25) is 0 Å². The molecule has 3 aromatic rings. The van der Waals surface area contributed by atoms with Crippen molar-refractivity contribution in [3.05, 3.63) is 72.3 Å². The molecule has 3 rings (SSSR count). The predicted molar refractivity (Wildman–Crippen MR) is 131 cm³/mol. The summed E-state index contributed by atoms with van der Waals surface area (Å²) in [5.41, 5.74) is 1.87. The molecule has 1 amide bonds.